The summed E-state index contributed by atoms with van der Waals surface area (Å²) in [5.41, 5.74) is 0.526. The molecular formula is C15H25N3O4. The summed E-state index contributed by atoms with van der Waals surface area (Å²) in [7, 11) is 0. The van der Waals surface area contributed by atoms with Crippen molar-refractivity contribution in [2.45, 2.75) is 31.9 Å². The Hall–Kier alpha value is -1.54. The second-order valence-corrected chi connectivity index (χ2v) is 5.10. The fraction of sp³-hybridized carbons (Fsp3) is 0.600. The Kier molecular flexibility index (Phi) is 8.61. The van der Waals surface area contributed by atoms with E-state index in [0.717, 1.165) is 25.9 Å². The van der Waals surface area contributed by atoms with Crippen LogP contribution in [0.25, 0.3) is 0 Å². The number of non-ortho nitro benzene ring substituents is 1. The number of hydrogen-bond donors (Lipinski definition) is 4. The predicted octanol–water partition coefficient (Wildman–Crippen LogP) is 0.968. The van der Waals surface area contributed by atoms with Crippen LogP contribution in [0.15, 0.2) is 24.3 Å². The molecule has 0 saturated carbocycles. The number of hydrogen-bond acceptors (Lipinski definition) is 6. The van der Waals surface area contributed by atoms with E-state index in [-0.39, 0.29) is 12.3 Å². The molecule has 7 heteroatoms. The van der Waals surface area contributed by atoms with Gasteiger partial charge in [-0.05, 0) is 50.2 Å². The fourth-order valence-corrected chi connectivity index (χ4v) is 2.14. The van der Waals surface area contributed by atoms with Gasteiger partial charge in [0.2, 0.25) is 0 Å². The lowest BCUT2D eigenvalue weighted by Crippen LogP contribution is -2.38. The van der Waals surface area contributed by atoms with Crippen molar-refractivity contribution in [1.29, 1.82) is 0 Å². The molecule has 22 heavy (non-hydrogen) atoms. The van der Waals surface area contributed by atoms with Crippen LogP contribution in [0.1, 0.15) is 31.4 Å². The predicted molar refractivity (Wildman–Crippen MR) is 84.7 cm³/mol. The highest BCUT2D eigenvalue weighted by Crippen LogP contribution is 2.20. The van der Waals surface area contributed by atoms with Crippen LogP contribution in [0.3, 0.4) is 0 Å². The quantitative estimate of drug-likeness (QED) is 0.275. The van der Waals surface area contributed by atoms with Gasteiger partial charge in [-0.3, -0.25) is 10.1 Å². The van der Waals surface area contributed by atoms with Crippen molar-refractivity contribution in [3.8, 4) is 0 Å². The van der Waals surface area contributed by atoms with E-state index in [1.165, 1.54) is 24.3 Å². The Bertz CT molecular complexity index is 439. The highest BCUT2D eigenvalue weighted by Gasteiger charge is 2.20. The number of aliphatic hydroxyl groups excluding tert-OH is 2. The van der Waals surface area contributed by atoms with Crippen LogP contribution in [0.5, 0.6) is 0 Å². The summed E-state index contributed by atoms with van der Waals surface area (Å²) in [6.45, 7) is 4.45. The van der Waals surface area contributed by atoms with Gasteiger partial charge in [-0.15, -0.1) is 0 Å². The zero-order chi connectivity index (χ0) is 16.4. The van der Waals surface area contributed by atoms with E-state index in [1.54, 1.807) is 0 Å². The van der Waals surface area contributed by atoms with Crippen LogP contribution in [-0.4, -0.2) is 47.4 Å². The Morgan fingerprint density at radius 1 is 1.23 bits per heavy atom. The first-order valence-corrected chi connectivity index (χ1v) is 7.57. The number of nitrogens with zero attached hydrogens (tertiary/aromatic N) is 1. The summed E-state index contributed by atoms with van der Waals surface area (Å²) in [6.07, 6.45) is 1.06. The monoisotopic (exact) mass is 311 g/mol. The Balaban J connectivity index is 2.46. The largest absolute Gasteiger partial charge is 0.395 e. The normalized spacial score (nSPS) is 13.8. The third-order valence-corrected chi connectivity index (χ3v) is 3.46. The third kappa shape index (κ3) is 6.07. The molecule has 0 aliphatic carbocycles. The Morgan fingerprint density at radius 3 is 2.41 bits per heavy atom. The van der Waals surface area contributed by atoms with Crippen LogP contribution < -0.4 is 10.6 Å². The molecule has 2 atom stereocenters. The van der Waals surface area contributed by atoms with Crippen molar-refractivity contribution in [2.75, 3.05) is 26.2 Å². The summed E-state index contributed by atoms with van der Waals surface area (Å²) in [6, 6.07) is 5.24. The van der Waals surface area contributed by atoms with Crippen molar-refractivity contribution in [3.63, 3.8) is 0 Å². The molecular weight excluding hydrogens is 286 g/mol. The maximum absolute atomic E-state index is 10.6. The van der Waals surface area contributed by atoms with Crippen LogP contribution >= 0.6 is 0 Å². The molecule has 0 bridgehead atoms. The second-order valence-electron chi connectivity index (χ2n) is 5.10. The summed E-state index contributed by atoms with van der Waals surface area (Å²) in [5.74, 6) is 0. The van der Waals surface area contributed by atoms with Gasteiger partial charge < -0.3 is 20.8 Å². The number of unbranched alkanes of at least 4 members (excludes halogenated alkanes) is 1. The first kappa shape index (κ1) is 18.5. The Labute approximate surface area is 130 Å². The lowest BCUT2D eigenvalue weighted by atomic mass is 10.0. The first-order valence-electron chi connectivity index (χ1n) is 7.57. The van der Waals surface area contributed by atoms with Gasteiger partial charge in [-0.2, -0.15) is 0 Å². The van der Waals surface area contributed by atoms with Crippen molar-refractivity contribution in [3.05, 3.63) is 39.9 Å². The van der Waals surface area contributed by atoms with Gasteiger partial charge in [0.05, 0.1) is 23.7 Å². The van der Waals surface area contributed by atoms with E-state index < -0.39 is 17.1 Å². The highest BCUT2D eigenvalue weighted by atomic mass is 16.6. The third-order valence-electron chi connectivity index (χ3n) is 3.46. The average Bonchev–Trinajstić information content (AvgIpc) is 2.54. The SMILES string of the molecule is CCNCCCCN[C@H](CO)[C@H](O)c1ccc([N+](=O)[O-])cc1. The van der Waals surface area contributed by atoms with Crippen LogP contribution in [0.2, 0.25) is 0 Å². The first-order chi connectivity index (χ1) is 10.6. The Morgan fingerprint density at radius 2 is 1.86 bits per heavy atom. The number of rotatable bonds is 11. The van der Waals surface area contributed by atoms with Crippen molar-refractivity contribution >= 4 is 5.69 Å². The number of benzene rings is 1. The molecule has 0 radical (unpaired) electrons. The minimum atomic E-state index is -0.903. The average molecular weight is 311 g/mol. The molecule has 7 nitrogen and oxygen atoms in total. The van der Waals surface area contributed by atoms with Gasteiger partial charge in [-0.25, -0.2) is 0 Å². The minimum Gasteiger partial charge on any atom is -0.395 e. The molecule has 124 valence electrons. The fourth-order valence-electron chi connectivity index (χ4n) is 2.14. The van der Waals surface area contributed by atoms with E-state index in [4.69, 9.17) is 0 Å². The van der Waals surface area contributed by atoms with E-state index in [2.05, 4.69) is 17.6 Å². The smallest absolute Gasteiger partial charge is 0.269 e. The van der Waals surface area contributed by atoms with Crippen molar-refractivity contribution in [1.82, 2.24) is 10.6 Å². The maximum atomic E-state index is 10.6. The number of nitro benzene ring substituents is 1. The van der Waals surface area contributed by atoms with Gasteiger partial charge in [0, 0.05) is 12.1 Å². The molecule has 0 aliphatic rings. The summed E-state index contributed by atoms with van der Waals surface area (Å²) in [5, 5.41) is 36.6. The van der Waals surface area contributed by atoms with Crippen LogP contribution in [0, 0.1) is 10.1 Å². The molecule has 0 amide bonds. The molecule has 1 aromatic carbocycles. The van der Waals surface area contributed by atoms with Crippen LogP contribution in [-0.2, 0) is 0 Å². The molecule has 0 heterocycles. The summed E-state index contributed by atoms with van der Waals surface area (Å²) in [4.78, 5) is 10.1. The van der Waals surface area contributed by atoms with Crippen molar-refractivity contribution in [2.24, 2.45) is 0 Å². The molecule has 0 aromatic heterocycles. The highest BCUT2D eigenvalue weighted by molar-refractivity contribution is 5.34. The van der Waals surface area contributed by atoms with Gasteiger partial charge >= 0.3 is 0 Å². The molecule has 0 aliphatic heterocycles. The van der Waals surface area contributed by atoms with E-state index in [9.17, 15) is 20.3 Å². The molecule has 0 unspecified atom stereocenters. The molecule has 0 saturated heterocycles. The zero-order valence-electron chi connectivity index (χ0n) is 12.9. The number of nitro groups is 1. The second kappa shape index (κ2) is 10.2. The summed E-state index contributed by atoms with van der Waals surface area (Å²) < 4.78 is 0. The minimum absolute atomic E-state index is 0.0205. The zero-order valence-corrected chi connectivity index (χ0v) is 12.9. The standard InChI is InChI=1S/C15H25N3O4/c1-2-16-9-3-4-10-17-14(11-19)15(20)12-5-7-13(8-6-12)18(21)22/h5-8,14-17,19-20H,2-4,9-11H2,1H3/t14-,15-/m1/s1. The maximum Gasteiger partial charge on any atom is 0.269 e. The molecule has 0 fully saturated rings. The number of nitrogens with one attached hydrogen (secondary N) is 2. The number of aliphatic hydroxyl groups is 2. The summed E-state index contributed by atoms with van der Waals surface area (Å²) >= 11 is 0. The molecule has 1 rings (SSSR count). The van der Waals surface area contributed by atoms with Crippen molar-refractivity contribution < 1.29 is 15.1 Å². The van der Waals surface area contributed by atoms with E-state index in [1.807, 2.05) is 0 Å². The van der Waals surface area contributed by atoms with E-state index in [0.29, 0.717) is 12.1 Å². The lowest BCUT2D eigenvalue weighted by molar-refractivity contribution is -0.384. The molecule has 1 aromatic rings. The molecule has 4 N–H and O–H groups in total. The van der Waals surface area contributed by atoms with Gasteiger partial charge in [0.1, 0.15) is 0 Å². The van der Waals surface area contributed by atoms with Gasteiger partial charge in [0.25, 0.3) is 5.69 Å². The van der Waals surface area contributed by atoms with E-state index >= 15 is 0 Å². The lowest BCUT2D eigenvalue weighted by Gasteiger charge is -2.22. The molecule has 0 spiro atoms. The van der Waals surface area contributed by atoms with Gasteiger partial charge in [0.15, 0.2) is 0 Å². The van der Waals surface area contributed by atoms with Gasteiger partial charge in [-0.1, -0.05) is 6.92 Å². The topological polar surface area (TPSA) is 108 Å². The van der Waals surface area contributed by atoms with Crippen LogP contribution in [0.4, 0.5) is 5.69 Å².